The van der Waals surface area contributed by atoms with Gasteiger partial charge in [-0.2, -0.15) is 0 Å². The molecule has 0 rings (SSSR count). The average molecular weight is 171 g/mol. The summed E-state index contributed by atoms with van der Waals surface area (Å²) in [4.78, 5) is 13.3. The lowest BCUT2D eigenvalue weighted by atomic mass is 10.3. The number of nitrogens with one attached hydrogen (secondary N) is 2. The smallest absolute Gasteiger partial charge is 0.234 e. The molecule has 0 spiro atoms. The summed E-state index contributed by atoms with van der Waals surface area (Å²) in [5, 5.41) is 6.48. The molecule has 0 amide bonds. The van der Waals surface area contributed by atoms with Gasteiger partial charge < -0.3 is 10.6 Å². The Morgan fingerprint density at radius 1 is 1.33 bits per heavy atom. The van der Waals surface area contributed by atoms with Crippen LogP contribution in [0.4, 0.5) is 0 Å². The zero-order valence-electron chi connectivity index (χ0n) is 7.76. The fraction of sp³-hybridized carbons (Fsp3) is 0.875. The Morgan fingerprint density at radius 2 is 1.92 bits per heavy atom. The largest absolute Gasteiger partial charge is 0.302 e. The van der Waals surface area contributed by atoms with Crippen molar-refractivity contribution in [2.24, 2.45) is 4.99 Å². The zero-order chi connectivity index (χ0) is 9.23. The third-order valence-electron chi connectivity index (χ3n) is 1.50. The minimum Gasteiger partial charge on any atom is -0.302 e. The van der Waals surface area contributed by atoms with Crippen molar-refractivity contribution in [3.05, 3.63) is 0 Å². The van der Waals surface area contributed by atoms with Crippen LogP contribution in [-0.4, -0.2) is 31.9 Å². The fourth-order valence-corrected chi connectivity index (χ4v) is 1.01. The molecule has 0 aliphatic rings. The third kappa shape index (κ3) is 6.04. The first-order chi connectivity index (χ1) is 5.85. The van der Waals surface area contributed by atoms with Gasteiger partial charge in [-0.15, -0.1) is 0 Å². The van der Waals surface area contributed by atoms with Gasteiger partial charge in [0.1, 0.15) is 0 Å². The number of hydrogen-bond donors (Lipinski definition) is 2. The number of carbonyl (C=O) groups excluding carboxylic acids is 1. The molecule has 0 aliphatic heterocycles. The van der Waals surface area contributed by atoms with E-state index in [4.69, 9.17) is 0 Å². The Labute approximate surface area is 73.5 Å². The minimum atomic E-state index is 0.261. The molecule has 0 bridgehead atoms. The van der Waals surface area contributed by atoms with Crippen molar-refractivity contribution < 1.29 is 4.79 Å². The maximum absolute atomic E-state index is 9.77. The Morgan fingerprint density at radius 3 is 2.33 bits per heavy atom. The van der Waals surface area contributed by atoms with Crippen molar-refractivity contribution >= 4 is 6.08 Å². The second kappa shape index (κ2) is 8.40. The normalized spacial score (nSPS) is 9.92. The summed E-state index contributed by atoms with van der Waals surface area (Å²) >= 11 is 0. The number of aliphatic imine (C=N–C) groups is 1. The molecule has 0 unspecified atom stereocenters. The summed E-state index contributed by atoms with van der Waals surface area (Å²) in [6.07, 6.45) is 2.62. The quantitative estimate of drug-likeness (QED) is 0.328. The van der Waals surface area contributed by atoms with E-state index in [-0.39, 0.29) is 6.17 Å². The van der Waals surface area contributed by atoms with Gasteiger partial charge >= 0.3 is 0 Å². The van der Waals surface area contributed by atoms with Crippen molar-refractivity contribution in [3.8, 4) is 0 Å². The second-order valence-corrected chi connectivity index (χ2v) is 2.43. The Kier molecular flexibility index (Phi) is 7.91. The molecule has 0 fully saturated rings. The number of hydrogen-bond acceptors (Lipinski definition) is 4. The summed E-state index contributed by atoms with van der Waals surface area (Å²) in [6.45, 7) is 6.47. The highest BCUT2D eigenvalue weighted by atomic mass is 16.1. The van der Waals surface area contributed by atoms with Crippen LogP contribution in [0.15, 0.2) is 4.99 Å². The molecule has 0 saturated heterocycles. The van der Waals surface area contributed by atoms with Crippen LogP contribution in [0.3, 0.4) is 0 Å². The van der Waals surface area contributed by atoms with Gasteiger partial charge in [0, 0.05) is 0 Å². The molecule has 0 aliphatic carbocycles. The lowest BCUT2D eigenvalue weighted by Gasteiger charge is -2.16. The first-order valence-electron chi connectivity index (χ1n) is 4.35. The summed E-state index contributed by atoms with van der Waals surface area (Å²) in [6, 6.07) is 0. The van der Waals surface area contributed by atoms with E-state index in [1.807, 2.05) is 13.8 Å². The maximum atomic E-state index is 9.77. The van der Waals surface area contributed by atoms with E-state index < -0.39 is 0 Å². The molecule has 4 nitrogen and oxygen atoms in total. The Bertz CT molecular complexity index is 137. The predicted molar refractivity (Wildman–Crippen MR) is 48.7 cm³/mol. The lowest BCUT2D eigenvalue weighted by molar-refractivity contribution is 0.423. The Balaban J connectivity index is 3.54. The molecular formula is C8H17N3O. The highest BCUT2D eigenvalue weighted by Crippen LogP contribution is 1.87. The monoisotopic (exact) mass is 171 g/mol. The molecule has 0 aromatic heterocycles. The topological polar surface area (TPSA) is 53.5 Å². The van der Waals surface area contributed by atoms with Gasteiger partial charge in [0.2, 0.25) is 6.08 Å². The van der Waals surface area contributed by atoms with E-state index in [1.165, 1.54) is 6.08 Å². The summed E-state index contributed by atoms with van der Waals surface area (Å²) in [7, 11) is 0. The molecule has 0 saturated carbocycles. The highest BCUT2D eigenvalue weighted by molar-refractivity contribution is 5.32. The van der Waals surface area contributed by atoms with Crippen LogP contribution in [-0.2, 0) is 4.79 Å². The summed E-state index contributed by atoms with van der Waals surface area (Å²) in [5.74, 6) is 0. The van der Waals surface area contributed by atoms with Crippen LogP contribution in [0, 0.1) is 0 Å². The van der Waals surface area contributed by atoms with Crippen LogP contribution in [0.25, 0.3) is 0 Å². The molecule has 0 atom stereocenters. The molecule has 0 aromatic rings. The van der Waals surface area contributed by atoms with Gasteiger partial charge in [-0.3, -0.25) is 0 Å². The van der Waals surface area contributed by atoms with Crippen LogP contribution in [0.1, 0.15) is 20.3 Å². The van der Waals surface area contributed by atoms with Crippen molar-refractivity contribution in [1.82, 2.24) is 10.6 Å². The van der Waals surface area contributed by atoms with Gasteiger partial charge in [0.25, 0.3) is 0 Å². The third-order valence-corrected chi connectivity index (χ3v) is 1.50. The SMILES string of the molecule is CCNC(CCN=C=O)NCC. The van der Waals surface area contributed by atoms with Gasteiger partial charge in [0.05, 0.1) is 12.7 Å². The predicted octanol–water partition coefficient (Wildman–Crippen LogP) is 0.257. The molecule has 0 aromatic carbocycles. The summed E-state index contributed by atoms with van der Waals surface area (Å²) < 4.78 is 0. The second-order valence-electron chi connectivity index (χ2n) is 2.43. The fourth-order valence-electron chi connectivity index (χ4n) is 1.01. The molecule has 4 heteroatoms. The van der Waals surface area contributed by atoms with E-state index in [0.29, 0.717) is 6.54 Å². The zero-order valence-corrected chi connectivity index (χ0v) is 7.76. The molecule has 0 radical (unpaired) electrons. The van der Waals surface area contributed by atoms with Crippen molar-refractivity contribution in [2.45, 2.75) is 26.4 Å². The maximum Gasteiger partial charge on any atom is 0.234 e. The standard InChI is InChI=1S/C8H17N3O/c1-3-10-8(11-4-2)5-6-9-7-12/h8,10-11H,3-6H2,1-2H3. The van der Waals surface area contributed by atoms with E-state index in [0.717, 1.165) is 19.5 Å². The first kappa shape index (κ1) is 11.3. The first-order valence-corrected chi connectivity index (χ1v) is 4.35. The van der Waals surface area contributed by atoms with Crippen LogP contribution in [0.5, 0.6) is 0 Å². The van der Waals surface area contributed by atoms with Gasteiger partial charge in [-0.05, 0) is 19.5 Å². The molecule has 0 heterocycles. The minimum absolute atomic E-state index is 0.261. The molecule has 70 valence electrons. The van der Waals surface area contributed by atoms with Crippen molar-refractivity contribution in [1.29, 1.82) is 0 Å². The van der Waals surface area contributed by atoms with E-state index in [9.17, 15) is 4.79 Å². The molecule has 12 heavy (non-hydrogen) atoms. The van der Waals surface area contributed by atoms with E-state index in [1.54, 1.807) is 0 Å². The van der Waals surface area contributed by atoms with E-state index in [2.05, 4.69) is 15.6 Å². The van der Waals surface area contributed by atoms with Gasteiger partial charge in [-0.25, -0.2) is 9.79 Å². The van der Waals surface area contributed by atoms with Crippen molar-refractivity contribution in [3.63, 3.8) is 0 Å². The van der Waals surface area contributed by atoms with Gasteiger partial charge in [-0.1, -0.05) is 13.8 Å². The molecule has 2 N–H and O–H groups in total. The number of rotatable bonds is 7. The van der Waals surface area contributed by atoms with Crippen LogP contribution >= 0.6 is 0 Å². The van der Waals surface area contributed by atoms with Crippen LogP contribution < -0.4 is 10.6 Å². The Hall–Kier alpha value is -0.700. The lowest BCUT2D eigenvalue weighted by Crippen LogP contribution is -2.42. The number of nitrogens with zero attached hydrogens (tertiary/aromatic N) is 1. The van der Waals surface area contributed by atoms with E-state index >= 15 is 0 Å². The summed E-state index contributed by atoms with van der Waals surface area (Å²) in [5.41, 5.74) is 0. The van der Waals surface area contributed by atoms with Crippen LogP contribution in [0.2, 0.25) is 0 Å². The van der Waals surface area contributed by atoms with Gasteiger partial charge in [0.15, 0.2) is 0 Å². The molecular weight excluding hydrogens is 154 g/mol. The van der Waals surface area contributed by atoms with Crippen molar-refractivity contribution in [2.75, 3.05) is 19.6 Å². The highest BCUT2D eigenvalue weighted by Gasteiger charge is 2.02. The average Bonchev–Trinajstić information content (AvgIpc) is 2.06. The number of isocyanates is 1.